The van der Waals surface area contributed by atoms with E-state index in [0.717, 1.165) is 6.07 Å². The number of alkyl halides is 12. The van der Waals surface area contributed by atoms with Gasteiger partial charge in [0.05, 0.1) is 11.4 Å². The number of unbranched alkanes of at least 4 members (excludes halogenated alkanes) is 12. The Morgan fingerprint density at radius 2 is 0.882 bits per heavy atom. The lowest BCUT2D eigenvalue weighted by molar-refractivity contribution is -0.288. The monoisotopic (exact) mass is 754 g/mol. The van der Waals surface area contributed by atoms with Crippen molar-refractivity contribution in [1.82, 2.24) is 0 Å². The average molecular weight is 755 g/mol. The zero-order chi connectivity index (χ0) is 38.7. The molecule has 4 nitrogen and oxygen atoms in total. The van der Waals surface area contributed by atoms with Crippen LogP contribution in [0.15, 0.2) is 24.3 Å². The van der Waals surface area contributed by atoms with Crippen molar-refractivity contribution in [2.24, 2.45) is 0 Å². The first-order valence-electron chi connectivity index (χ1n) is 17.0. The highest BCUT2D eigenvalue weighted by Gasteiger charge is 2.73. The van der Waals surface area contributed by atoms with Crippen LogP contribution in [-0.4, -0.2) is 34.9 Å². The van der Waals surface area contributed by atoms with Crippen molar-refractivity contribution in [1.29, 1.82) is 0 Å². The molecule has 0 spiro atoms. The van der Waals surface area contributed by atoms with Gasteiger partial charge in [-0.25, -0.2) is 0 Å². The fourth-order valence-electron chi connectivity index (χ4n) is 6.37. The van der Waals surface area contributed by atoms with Gasteiger partial charge in [0.15, 0.2) is 0 Å². The highest BCUT2D eigenvalue weighted by atomic mass is 19.4. The van der Waals surface area contributed by atoms with Gasteiger partial charge in [-0.05, 0) is 67.3 Å². The molecule has 292 valence electrons. The third-order valence-corrected chi connectivity index (χ3v) is 9.01. The fourth-order valence-corrected chi connectivity index (χ4v) is 6.37. The molecule has 6 N–H and O–H groups in total. The number of hydrogen-bond donors (Lipinski definition) is 4. The minimum Gasteiger partial charge on any atom is -0.506 e. The summed E-state index contributed by atoms with van der Waals surface area (Å²) in [6, 6.07) is 2.34. The van der Waals surface area contributed by atoms with Crippen molar-refractivity contribution >= 4 is 11.4 Å². The maximum absolute atomic E-state index is 15.2. The Hall–Kier alpha value is -3.20. The van der Waals surface area contributed by atoms with Gasteiger partial charge in [-0.3, -0.25) is 0 Å². The van der Waals surface area contributed by atoms with Crippen molar-refractivity contribution in [3.05, 3.63) is 46.5 Å². The van der Waals surface area contributed by atoms with Crippen LogP contribution in [0.25, 0.3) is 0 Å². The zero-order valence-corrected chi connectivity index (χ0v) is 28.1. The number of nitrogens with two attached hydrogens (primary N) is 2. The fraction of sp³-hybridized carbons (Fsp3) is 0.657. The standard InChI is InChI=1S/C35H46F12N2O2/c36-31(37,38)19-13-9-5-1-3-7-11-15-23-21-24(22-28(49)29(23)50)33(34(42,43)44,35(45,46)47)26-17-18-27(48)30(51)25(26)16-12-8-4-2-6-10-14-20-32(39,40)41/h17-18,21-22,50-51H,1-16,19-20,48-49H2. The van der Waals surface area contributed by atoms with Gasteiger partial charge in [-0.15, -0.1) is 0 Å². The van der Waals surface area contributed by atoms with Crippen LogP contribution in [0.5, 0.6) is 11.5 Å². The Kier molecular flexibility index (Phi) is 16.0. The summed E-state index contributed by atoms with van der Waals surface area (Å²) in [7, 11) is 0. The van der Waals surface area contributed by atoms with Crippen LogP contribution >= 0.6 is 0 Å². The van der Waals surface area contributed by atoms with Crippen LogP contribution in [0, 0.1) is 0 Å². The molecule has 0 unspecified atom stereocenters. The van der Waals surface area contributed by atoms with Gasteiger partial charge in [-0.2, -0.15) is 52.7 Å². The van der Waals surface area contributed by atoms with Crippen LogP contribution in [-0.2, 0) is 18.3 Å². The highest BCUT2D eigenvalue weighted by Crippen LogP contribution is 2.59. The zero-order valence-electron chi connectivity index (χ0n) is 28.1. The smallest absolute Gasteiger partial charge is 0.411 e. The molecule has 51 heavy (non-hydrogen) atoms. The van der Waals surface area contributed by atoms with Gasteiger partial charge in [0.1, 0.15) is 11.5 Å². The molecule has 0 saturated heterocycles. The van der Waals surface area contributed by atoms with Crippen LogP contribution in [0.2, 0.25) is 0 Å². The minimum absolute atomic E-state index is 0.0198. The molecule has 0 fully saturated rings. The number of hydrogen-bond acceptors (Lipinski definition) is 4. The molecule has 0 aliphatic rings. The Bertz CT molecular complexity index is 1360. The van der Waals surface area contributed by atoms with Crippen LogP contribution < -0.4 is 11.5 Å². The Labute approximate surface area is 289 Å². The van der Waals surface area contributed by atoms with E-state index in [0.29, 0.717) is 82.4 Å². The molecule has 2 rings (SSSR count). The number of aromatic hydroxyl groups is 2. The number of benzene rings is 2. The lowest BCUT2D eigenvalue weighted by atomic mass is 9.69. The Morgan fingerprint density at radius 1 is 0.471 bits per heavy atom. The van der Waals surface area contributed by atoms with E-state index >= 15 is 26.3 Å². The summed E-state index contributed by atoms with van der Waals surface area (Å²) >= 11 is 0. The molecule has 0 aromatic heterocycles. The minimum atomic E-state index is -6.04. The molecule has 0 heterocycles. The molecule has 0 bridgehead atoms. The lowest BCUT2D eigenvalue weighted by Crippen LogP contribution is -2.55. The first-order chi connectivity index (χ1) is 23.5. The van der Waals surface area contributed by atoms with E-state index in [1.807, 2.05) is 0 Å². The number of phenols is 2. The topological polar surface area (TPSA) is 92.5 Å². The number of anilines is 2. The quantitative estimate of drug-likeness (QED) is 0.0469. The van der Waals surface area contributed by atoms with Gasteiger partial charge in [0.25, 0.3) is 0 Å². The first-order valence-corrected chi connectivity index (χ1v) is 17.0. The summed E-state index contributed by atoms with van der Waals surface area (Å²) in [5.41, 5.74) is 2.11. The first kappa shape index (κ1) is 44.0. The average Bonchev–Trinajstić information content (AvgIpc) is 2.98. The van der Waals surface area contributed by atoms with Crippen molar-refractivity contribution in [2.75, 3.05) is 11.5 Å². The van der Waals surface area contributed by atoms with E-state index in [1.165, 1.54) is 0 Å². The maximum atomic E-state index is 15.2. The third kappa shape index (κ3) is 12.8. The van der Waals surface area contributed by atoms with Gasteiger partial charge in [-0.1, -0.05) is 76.3 Å². The van der Waals surface area contributed by atoms with Crippen LogP contribution in [0.4, 0.5) is 64.1 Å². The number of rotatable bonds is 20. The molecule has 0 atom stereocenters. The Balaban J connectivity index is 2.33. The van der Waals surface area contributed by atoms with E-state index in [4.69, 9.17) is 11.5 Å². The molecule has 0 aliphatic carbocycles. The summed E-state index contributed by atoms with van der Waals surface area (Å²) in [6.07, 6.45) is -18.3. The van der Waals surface area contributed by atoms with Crippen molar-refractivity contribution in [2.45, 2.75) is 146 Å². The highest BCUT2D eigenvalue weighted by molar-refractivity contribution is 5.66. The molecular formula is C35H46F12N2O2. The predicted octanol–water partition coefficient (Wildman–Crippen LogP) is 12.1. The lowest BCUT2D eigenvalue weighted by Gasteiger charge is -2.40. The summed E-state index contributed by atoms with van der Waals surface area (Å²) in [4.78, 5) is 0. The Morgan fingerprint density at radius 3 is 1.31 bits per heavy atom. The SMILES string of the molecule is Nc1cc(C(c2ccc(N)c(O)c2CCCCCCCCCC(F)(F)F)(C(F)(F)F)C(F)(F)F)cc(CCCCCCCCCC(F)(F)F)c1O. The van der Waals surface area contributed by atoms with E-state index in [2.05, 4.69) is 0 Å². The normalized spacial score (nSPS) is 13.3. The van der Waals surface area contributed by atoms with Gasteiger partial charge >= 0.3 is 24.7 Å². The van der Waals surface area contributed by atoms with Gasteiger partial charge in [0, 0.05) is 18.4 Å². The van der Waals surface area contributed by atoms with Gasteiger partial charge in [0.2, 0.25) is 5.41 Å². The molecule has 16 heteroatoms. The number of phenolic OH excluding ortho intramolecular Hbond substituents is 2. The van der Waals surface area contributed by atoms with Crippen molar-refractivity contribution in [3.8, 4) is 11.5 Å². The van der Waals surface area contributed by atoms with Crippen LogP contribution in [0.3, 0.4) is 0 Å². The number of halogens is 12. The van der Waals surface area contributed by atoms with Crippen LogP contribution in [0.1, 0.15) is 125 Å². The second-order valence-electron chi connectivity index (χ2n) is 13.0. The summed E-state index contributed by atoms with van der Waals surface area (Å²) in [6.45, 7) is 0. The molecule has 2 aromatic rings. The molecule has 0 saturated carbocycles. The molecular weight excluding hydrogens is 708 g/mol. The van der Waals surface area contributed by atoms with Crippen molar-refractivity contribution < 1.29 is 62.9 Å². The molecule has 0 radical (unpaired) electrons. The summed E-state index contributed by atoms with van der Waals surface area (Å²) in [5, 5.41) is 21.3. The summed E-state index contributed by atoms with van der Waals surface area (Å²) in [5.74, 6) is -1.62. The third-order valence-electron chi connectivity index (χ3n) is 9.01. The van der Waals surface area contributed by atoms with E-state index in [9.17, 15) is 36.6 Å². The predicted molar refractivity (Wildman–Crippen MR) is 171 cm³/mol. The van der Waals surface area contributed by atoms with E-state index in [1.54, 1.807) is 0 Å². The summed E-state index contributed by atoms with van der Waals surface area (Å²) < 4.78 is 165. The number of aryl methyl sites for hydroxylation is 1. The molecule has 2 aromatic carbocycles. The molecule has 0 amide bonds. The maximum Gasteiger partial charge on any atom is 0.411 e. The van der Waals surface area contributed by atoms with Crippen molar-refractivity contribution in [3.63, 3.8) is 0 Å². The molecule has 0 aliphatic heterocycles. The van der Waals surface area contributed by atoms with Gasteiger partial charge < -0.3 is 21.7 Å². The number of nitrogen functional groups attached to an aromatic ring is 2. The second-order valence-corrected chi connectivity index (χ2v) is 13.0. The van der Waals surface area contributed by atoms with E-state index < -0.39 is 88.9 Å². The largest absolute Gasteiger partial charge is 0.506 e. The van der Waals surface area contributed by atoms with E-state index in [-0.39, 0.29) is 37.7 Å². The second kappa shape index (κ2) is 18.5.